The number of benzene rings is 2. The van der Waals surface area contributed by atoms with Crippen LogP contribution < -0.4 is 19.9 Å². The van der Waals surface area contributed by atoms with Crippen molar-refractivity contribution in [3.8, 4) is 11.5 Å². The van der Waals surface area contributed by atoms with E-state index in [1.807, 2.05) is 35.2 Å². The van der Waals surface area contributed by atoms with Crippen LogP contribution in [-0.4, -0.2) is 40.8 Å². The molecule has 3 aromatic rings. The number of thiazole rings is 1. The third-order valence-corrected chi connectivity index (χ3v) is 7.39. The number of carbonyl (C=O) groups excluding carboxylic acids is 3. The van der Waals surface area contributed by atoms with Gasteiger partial charge >= 0.3 is 0 Å². The number of para-hydroxylation sites is 1. The molecule has 0 aliphatic carbocycles. The lowest BCUT2D eigenvalue weighted by molar-refractivity contribution is -0.122. The molecule has 1 N–H and O–H groups in total. The van der Waals surface area contributed by atoms with E-state index in [0.29, 0.717) is 53.1 Å². The Morgan fingerprint density at radius 3 is 2.36 bits per heavy atom. The largest absolute Gasteiger partial charge is 0.457 e. The summed E-state index contributed by atoms with van der Waals surface area (Å²) in [6.07, 6.45) is 2.34. The Morgan fingerprint density at radius 2 is 1.67 bits per heavy atom. The number of ether oxygens (including phenoxy) is 1. The molecule has 2 saturated heterocycles. The Morgan fingerprint density at radius 1 is 1.00 bits per heavy atom. The molecule has 2 aliphatic heterocycles. The lowest BCUT2D eigenvalue weighted by Gasteiger charge is -2.29. The Kier molecular flexibility index (Phi) is 6.82. The first-order chi connectivity index (χ1) is 17.4. The van der Waals surface area contributed by atoms with Gasteiger partial charge in [-0.15, -0.1) is 0 Å². The topological polar surface area (TPSA) is 91.8 Å². The van der Waals surface area contributed by atoms with Crippen LogP contribution >= 0.6 is 35.2 Å². The monoisotopic (exact) mass is 538 g/mol. The standard InChI is InChI=1S/C25H19ClN4O4S2/c26-21-20(36-25(27-21)29-12-10-16(31)11-13-29)14-19-22(32)28-24(35)30(23(19)33)15-6-8-18(9-7-15)34-17-4-2-1-3-5-17/h1-9,14H,10-13H2,(H,28,32,35). The Balaban J connectivity index is 1.38. The number of rotatable bonds is 5. The smallest absolute Gasteiger partial charge is 0.270 e. The zero-order valence-electron chi connectivity index (χ0n) is 18.8. The van der Waals surface area contributed by atoms with E-state index in [-0.39, 0.29) is 21.6 Å². The maximum absolute atomic E-state index is 13.4. The molecule has 8 nitrogen and oxygen atoms in total. The van der Waals surface area contributed by atoms with Gasteiger partial charge in [-0.2, -0.15) is 0 Å². The maximum atomic E-state index is 13.4. The van der Waals surface area contributed by atoms with Crippen LogP contribution in [0.1, 0.15) is 17.7 Å². The molecular formula is C25H19ClN4O4S2. The molecule has 2 amide bonds. The van der Waals surface area contributed by atoms with Gasteiger partial charge in [0, 0.05) is 25.9 Å². The summed E-state index contributed by atoms with van der Waals surface area (Å²) in [6, 6.07) is 16.1. The highest BCUT2D eigenvalue weighted by molar-refractivity contribution is 7.80. The molecule has 0 atom stereocenters. The van der Waals surface area contributed by atoms with Gasteiger partial charge in [-0.05, 0) is 54.7 Å². The first-order valence-corrected chi connectivity index (χ1v) is 12.7. The van der Waals surface area contributed by atoms with Crippen LogP contribution in [0.2, 0.25) is 5.15 Å². The molecule has 0 saturated carbocycles. The fraction of sp³-hybridized carbons (Fsp3) is 0.160. The van der Waals surface area contributed by atoms with Crippen molar-refractivity contribution in [2.24, 2.45) is 0 Å². The molecule has 1 aromatic heterocycles. The van der Waals surface area contributed by atoms with Crippen molar-refractivity contribution in [2.45, 2.75) is 12.8 Å². The highest BCUT2D eigenvalue weighted by atomic mass is 35.5. The number of aromatic nitrogens is 1. The summed E-state index contributed by atoms with van der Waals surface area (Å²) >= 11 is 12.9. The molecule has 2 fully saturated rings. The summed E-state index contributed by atoms with van der Waals surface area (Å²) in [5, 5.41) is 3.37. The molecule has 0 bridgehead atoms. The zero-order valence-corrected chi connectivity index (χ0v) is 21.2. The molecule has 2 aromatic carbocycles. The van der Waals surface area contributed by atoms with Crippen LogP contribution in [0.4, 0.5) is 10.8 Å². The second kappa shape index (κ2) is 10.2. The third-order valence-electron chi connectivity index (χ3n) is 5.64. The second-order valence-electron chi connectivity index (χ2n) is 8.04. The van der Waals surface area contributed by atoms with Crippen LogP contribution in [0.3, 0.4) is 0 Å². The number of hydrogen-bond donors (Lipinski definition) is 1. The van der Waals surface area contributed by atoms with E-state index in [0.717, 1.165) is 0 Å². The first kappa shape index (κ1) is 24.1. The number of amides is 2. The number of Topliss-reactive ketones (excluding diaryl/α,β-unsaturated/α-hetero) is 1. The fourth-order valence-electron chi connectivity index (χ4n) is 3.78. The number of piperidine rings is 1. The van der Waals surface area contributed by atoms with Crippen LogP contribution in [-0.2, 0) is 14.4 Å². The van der Waals surface area contributed by atoms with E-state index < -0.39 is 11.8 Å². The van der Waals surface area contributed by atoms with Crippen molar-refractivity contribution in [1.82, 2.24) is 10.3 Å². The number of hydrogen-bond acceptors (Lipinski definition) is 8. The van der Waals surface area contributed by atoms with E-state index in [4.69, 9.17) is 28.6 Å². The summed E-state index contributed by atoms with van der Waals surface area (Å²) in [6.45, 7) is 1.12. The van der Waals surface area contributed by atoms with Crippen LogP contribution in [0, 0.1) is 0 Å². The van der Waals surface area contributed by atoms with Gasteiger partial charge in [0.05, 0.1) is 10.6 Å². The van der Waals surface area contributed by atoms with E-state index in [1.54, 1.807) is 24.3 Å². The number of nitrogens with zero attached hydrogens (tertiary/aromatic N) is 3. The number of thiocarbonyl (C=S) groups is 1. The predicted molar refractivity (Wildman–Crippen MR) is 143 cm³/mol. The second-order valence-corrected chi connectivity index (χ2v) is 9.80. The SMILES string of the molecule is O=C1CCN(c2nc(Cl)c(C=C3C(=O)NC(=S)N(c4ccc(Oc5ccccc5)cc4)C3=O)s2)CC1. The molecule has 0 spiro atoms. The average molecular weight is 539 g/mol. The van der Waals surface area contributed by atoms with Crippen LogP contribution in [0.15, 0.2) is 60.2 Å². The minimum absolute atomic E-state index is 0.0204. The lowest BCUT2D eigenvalue weighted by atomic mass is 10.1. The van der Waals surface area contributed by atoms with Crippen molar-refractivity contribution in [3.05, 3.63) is 70.2 Å². The van der Waals surface area contributed by atoms with Crippen molar-refractivity contribution < 1.29 is 19.1 Å². The Labute approximate surface area is 221 Å². The number of nitrogens with one attached hydrogen (secondary N) is 1. The molecule has 11 heteroatoms. The molecule has 36 heavy (non-hydrogen) atoms. The van der Waals surface area contributed by atoms with Crippen molar-refractivity contribution in [2.75, 3.05) is 22.9 Å². The van der Waals surface area contributed by atoms with Gasteiger partial charge in [0.1, 0.15) is 28.0 Å². The van der Waals surface area contributed by atoms with Crippen molar-refractivity contribution in [3.63, 3.8) is 0 Å². The predicted octanol–water partition coefficient (Wildman–Crippen LogP) is 4.59. The van der Waals surface area contributed by atoms with Crippen molar-refractivity contribution >= 4 is 74.8 Å². The Hall–Kier alpha value is -3.60. The Bertz CT molecular complexity index is 1380. The van der Waals surface area contributed by atoms with E-state index in [1.165, 1.54) is 22.3 Å². The van der Waals surface area contributed by atoms with E-state index in [2.05, 4.69) is 10.3 Å². The molecule has 0 unspecified atom stereocenters. The highest BCUT2D eigenvalue weighted by Crippen LogP contribution is 2.34. The number of carbonyl (C=O) groups is 3. The number of anilines is 2. The summed E-state index contributed by atoms with van der Waals surface area (Å²) in [7, 11) is 0. The number of halogens is 1. The summed E-state index contributed by atoms with van der Waals surface area (Å²) in [5.41, 5.74) is 0.365. The van der Waals surface area contributed by atoms with E-state index >= 15 is 0 Å². The van der Waals surface area contributed by atoms with Crippen molar-refractivity contribution in [1.29, 1.82) is 0 Å². The summed E-state index contributed by atoms with van der Waals surface area (Å²) < 4.78 is 5.80. The molecule has 3 heterocycles. The highest BCUT2D eigenvalue weighted by Gasteiger charge is 2.35. The summed E-state index contributed by atoms with van der Waals surface area (Å²) in [5.74, 6) is 0.305. The van der Waals surface area contributed by atoms with Gasteiger partial charge in [-0.1, -0.05) is 41.1 Å². The molecule has 5 rings (SSSR count). The first-order valence-electron chi connectivity index (χ1n) is 11.1. The van der Waals surface area contributed by atoms with Gasteiger partial charge < -0.3 is 9.64 Å². The van der Waals surface area contributed by atoms with Gasteiger partial charge in [-0.25, -0.2) is 4.98 Å². The zero-order chi connectivity index (χ0) is 25.2. The quantitative estimate of drug-likeness (QED) is 0.288. The average Bonchev–Trinajstić information content (AvgIpc) is 3.24. The van der Waals surface area contributed by atoms with Gasteiger partial charge in [-0.3, -0.25) is 24.6 Å². The lowest BCUT2D eigenvalue weighted by Crippen LogP contribution is -2.54. The minimum Gasteiger partial charge on any atom is -0.457 e. The molecule has 182 valence electrons. The maximum Gasteiger partial charge on any atom is 0.270 e. The fourth-order valence-corrected chi connectivity index (χ4v) is 5.32. The normalized spacial score (nSPS) is 17.5. The third kappa shape index (κ3) is 5.01. The number of ketones is 1. The van der Waals surface area contributed by atoms with E-state index in [9.17, 15) is 14.4 Å². The summed E-state index contributed by atoms with van der Waals surface area (Å²) in [4.78, 5) is 45.6. The van der Waals surface area contributed by atoms with Crippen LogP contribution in [0.25, 0.3) is 6.08 Å². The van der Waals surface area contributed by atoms with Crippen LogP contribution in [0.5, 0.6) is 11.5 Å². The molecular weight excluding hydrogens is 520 g/mol. The molecule has 0 radical (unpaired) electrons. The van der Waals surface area contributed by atoms with Gasteiger partial charge in [0.2, 0.25) is 0 Å². The minimum atomic E-state index is -0.611. The van der Waals surface area contributed by atoms with Gasteiger partial charge in [0.15, 0.2) is 10.2 Å². The molecule has 2 aliphatic rings. The van der Waals surface area contributed by atoms with Gasteiger partial charge in [0.25, 0.3) is 11.8 Å².